The van der Waals surface area contributed by atoms with Crippen molar-refractivity contribution < 1.29 is 24.2 Å². The first-order chi connectivity index (χ1) is 21.7. The first kappa shape index (κ1) is 32.9. The molecular weight excluding hydrogens is 581 g/mol. The second-order valence-corrected chi connectivity index (χ2v) is 17.8. The summed E-state index contributed by atoms with van der Waals surface area (Å²) < 4.78 is 12.3. The number of ether oxygens (including phenoxy) is 2. The molecule has 2 heterocycles. The number of anilines is 1. The molecule has 0 aromatic heterocycles. The zero-order chi connectivity index (χ0) is 32.0. The van der Waals surface area contributed by atoms with Crippen molar-refractivity contribution in [2.24, 2.45) is 5.92 Å². The Morgan fingerprint density at radius 3 is 2.33 bits per heavy atom. The zero-order valence-electron chi connectivity index (χ0n) is 27.2. The van der Waals surface area contributed by atoms with Gasteiger partial charge in [-0.2, -0.15) is 0 Å². The Bertz CT molecular complexity index is 1410. The number of rotatable bonds is 13. The minimum Gasteiger partial charge on any atom is -0.497 e. The normalized spacial score (nSPS) is 21.7. The molecule has 0 unspecified atom stereocenters. The Balaban J connectivity index is 1.34. The number of hydrogen-bond acceptors (Lipinski definition) is 5. The summed E-state index contributed by atoms with van der Waals surface area (Å²) in [6, 6.07) is 26.8. The number of amides is 2. The number of aliphatic hydroxyl groups excluding tert-OH is 1. The van der Waals surface area contributed by atoms with E-state index in [-0.39, 0.29) is 42.1 Å². The van der Waals surface area contributed by atoms with E-state index < -0.39 is 8.07 Å². The number of carbonyl (C=O) groups excluding carboxylic acids is 2. The van der Waals surface area contributed by atoms with Crippen LogP contribution < -0.4 is 14.8 Å². The molecule has 0 aliphatic carbocycles. The molecule has 8 heteroatoms. The zero-order valence-corrected chi connectivity index (χ0v) is 28.2. The van der Waals surface area contributed by atoms with Crippen molar-refractivity contribution in [2.45, 2.75) is 76.4 Å². The van der Waals surface area contributed by atoms with Gasteiger partial charge in [0.25, 0.3) is 0 Å². The fourth-order valence-corrected chi connectivity index (χ4v) is 11.5. The van der Waals surface area contributed by atoms with Crippen LogP contribution in [-0.4, -0.2) is 68.9 Å². The molecule has 2 fully saturated rings. The summed E-state index contributed by atoms with van der Waals surface area (Å²) >= 11 is 0. The highest BCUT2D eigenvalue weighted by atomic mass is 28.3. The van der Waals surface area contributed by atoms with Crippen molar-refractivity contribution in [1.82, 2.24) is 4.90 Å². The number of nitrogens with zero attached hydrogens (tertiary/aromatic N) is 2. The molecule has 3 aromatic rings. The molecule has 5 rings (SSSR count). The van der Waals surface area contributed by atoms with Crippen molar-refractivity contribution in [1.29, 1.82) is 0 Å². The number of hydrogen-bond donors (Lipinski definition) is 1. The summed E-state index contributed by atoms with van der Waals surface area (Å²) in [5.74, 6) is 1.33. The summed E-state index contributed by atoms with van der Waals surface area (Å²) in [7, 11) is -0.436. The molecule has 0 spiro atoms. The molecule has 4 atom stereocenters. The van der Waals surface area contributed by atoms with Crippen LogP contribution in [0.2, 0.25) is 18.6 Å². The van der Waals surface area contributed by atoms with E-state index in [1.54, 1.807) is 12.0 Å². The Morgan fingerprint density at radius 1 is 1.00 bits per heavy atom. The van der Waals surface area contributed by atoms with Crippen LogP contribution in [-0.2, 0) is 27.3 Å². The molecule has 3 aromatic carbocycles. The van der Waals surface area contributed by atoms with E-state index in [0.29, 0.717) is 25.9 Å². The van der Waals surface area contributed by atoms with Gasteiger partial charge in [-0.1, -0.05) is 79.8 Å². The standard InChI is InChI=1S/C37H48N2O5Si/c1-27-33(21-14-28-12-15-30(16-13-28)39-22-8-11-35(39)41)44-34(37(27)45(3,4)32-19-17-31(43-2)18-20-32)25-36(42)38(23-24-40)26-29-9-6-5-7-10-29/h5-7,9-10,12-13,15-20,27,33-34,37,40H,8,11,14,21-26H2,1-4H3/t27-,33+,34-,37+/m0/s1. The molecule has 1 N–H and O–H groups in total. The van der Waals surface area contributed by atoms with E-state index in [1.807, 2.05) is 47.4 Å². The van der Waals surface area contributed by atoms with E-state index in [0.717, 1.165) is 42.8 Å². The average molecular weight is 629 g/mol. The highest BCUT2D eigenvalue weighted by Gasteiger charge is 2.51. The minimum atomic E-state index is -2.12. The summed E-state index contributed by atoms with van der Waals surface area (Å²) in [5, 5.41) is 11.1. The fourth-order valence-electron chi connectivity index (χ4n) is 7.43. The first-order valence-corrected chi connectivity index (χ1v) is 19.4. The highest BCUT2D eigenvalue weighted by Crippen LogP contribution is 2.46. The lowest BCUT2D eigenvalue weighted by Gasteiger charge is -2.36. The van der Waals surface area contributed by atoms with Crippen molar-refractivity contribution in [3.63, 3.8) is 0 Å². The third-order valence-electron chi connectivity index (χ3n) is 9.92. The van der Waals surface area contributed by atoms with Crippen LogP contribution in [0.15, 0.2) is 78.9 Å². The van der Waals surface area contributed by atoms with Crippen molar-refractivity contribution in [3.8, 4) is 5.75 Å². The van der Waals surface area contributed by atoms with E-state index in [4.69, 9.17) is 9.47 Å². The number of methoxy groups -OCH3 is 1. The van der Waals surface area contributed by atoms with Gasteiger partial charge in [-0.15, -0.1) is 0 Å². The van der Waals surface area contributed by atoms with Gasteiger partial charge in [0.05, 0.1) is 40.4 Å². The van der Waals surface area contributed by atoms with Gasteiger partial charge in [0.1, 0.15) is 5.75 Å². The van der Waals surface area contributed by atoms with Crippen LogP contribution in [0.5, 0.6) is 5.75 Å². The molecule has 0 saturated carbocycles. The van der Waals surface area contributed by atoms with Gasteiger partial charge < -0.3 is 24.4 Å². The maximum absolute atomic E-state index is 13.8. The lowest BCUT2D eigenvalue weighted by Crippen LogP contribution is -2.51. The topological polar surface area (TPSA) is 79.3 Å². The highest BCUT2D eigenvalue weighted by molar-refractivity contribution is 6.91. The Labute approximate surface area is 269 Å². The number of benzene rings is 3. The Hall–Kier alpha value is -3.46. The van der Waals surface area contributed by atoms with Gasteiger partial charge in [-0.05, 0) is 66.1 Å². The van der Waals surface area contributed by atoms with Crippen molar-refractivity contribution >= 4 is 30.8 Å². The second-order valence-electron chi connectivity index (χ2n) is 13.1. The summed E-state index contributed by atoms with van der Waals surface area (Å²) in [4.78, 5) is 29.7. The molecule has 0 radical (unpaired) electrons. The van der Waals surface area contributed by atoms with Crippen LogP contribution in [0.25, 0.3) is 0 Å². The second kappa shape index (κ2) is 14.8. The number of aliphatic hydroxyl groups is 1. The van der Waals surface area contributed by atoms with Gasteiger partial charge >= 0.3 is 0 Å². The summed E-state index contributed by atoms with van der Waals surface area (Å²) in [6.07, 6.45) is 3.39. The number of carbonyl (C=O) groups is 2. The molecule has 240 valence electrons. The molecule has 2 saturated heterocycles. The monoisotopic (exact) mass is 628 g/mol. The van der Waals surface area contributed by atoms with Gasteiger partial charge in [-0.25, -0.2) is 0 Å². The number of aryl methyl sites for hydroxylation is 1. The van der Waals surface area contributed by atoms with Crippen molar-refractivity contribution in [3.05, 3.63) is 90.0 Å². The molecule has 0 bridgehead atoms. The Kier molecular flexibility index (Phi) is 10.8. The van der Waals surface area contributed by atoms with Crippen LogP contribution in [0.1, 0.15) is 43.7 Å². The van der Waals surface area contributed by atoms with Gasteiger partial charge in [0, 0.05) is 31.7 Å². The van der Waals surface area contributed by atoms with Gasteiger partial charge in [0.15, 0.2) is 0 Å². The quantitative estimate of drug-likeness (QED) is 0.251. The van der Waals surface area contributed by atoms with E-state index in [2.05, 4.69) is 56.4 Å². The van der Waals surface area contributed by atoms with Gasteiger partial charge in [0.2, 0.25) is 11.8 Å². The van der Waals surface area contributed by atoms with Crippen LogP contribution in [0.4, 0.5) is 5.69 Å². The van der Waals surface area contributed by atoms with E-state index in [1.165, 1.54) is 10.8 Å². The SMILES string of the molecule is COc1ccc([Si](C)(C)[C@@H]2[C@@H](C)[C@@H](CCc3ccc(N4CCCC4=O)cc3)O[C@H]2CC(=O)N(CCO)Cc2ccccc2)cc1. The lowest BCUT2D eigenvalue weighted by molar-refractivity contribution is -0.135. The molecule has 2 amide bonds. The average Bonchev–Trinajstić information content (AvgIpc) is 3.62. The summed E-state index contributed by atoms with van der Waals surface area (Å²) in [5.41, 5.74) is 3.47. The first-order valence-electron chi connectivity index (χ1n) is 16.3. The predicted molar refractivity (Wildman–Crippen MR) is 182 cm³/mol. The molecule has 7 nitrogen and oxygen atoms in total. The smallest absolute Gasteiger partial charge is 0.227 e. The minimum absolute atomic E-state index is 0.0160. The lowest BCUT2D eigenvalue weighted by atomic mass is 9.95. The third kappa shape index (κ3) is 7.68. The molecule has 45 heavy (non-hydrogen) atoms. The largest absolute Gasteiger partial charge is 0.497 e. The van der Waals surface area contributed by atoms with Crippen LogP contribution in [0.3, 0.4) is 0 Å². The Morgan fingerprint density at radius 2 is 1.71 bits per heavy atom. The predicted octanol–water partition coefficient (Wildman–Crippen LogP) is 5.56. The molecule has 2 aliphatic rings. The van der Waals surface area contributed by atoms with E-state index >= 15 is 0 Å². The maximum atomic E-state index is 13.8. The summed E-state index contributed by atoms with van der Waals surface area (Å²) in [6.45, 7) is 8.57. The molecular formula is C37H48N2O5Si. The maximum Gasteiger partial charge on any atom is 0.227 e. The van der Waals surface area contributed by atoms with E-state index in [9.17, 15) is 14.7 Å². The van der Waals surface area contributed by atoms with Crippen LogP contribution >= 0.6 is 0 Å². The van der Waals surface area contributed by atoms with Crippen LogP contribution in [0, 0.1) is 5.92 Å². The fraction of sp³-hybridized carbons (Fsp3) is 0.459. The third-order valence-corrected chi connectivity index (χ3v) is 14.3. The van der Waals surface area contributed by atoms with Crippen molar-refractivity contribution in [2.75, 3.05) is 31.7 Å². The molecule has 2 aliphatic heterocycles. The van der Waals surface area contributed by atoms with Gasteiger partial charge in [-0.3, -0.25) is 9.59 Å².